The van der Waals surface area contributed by atoms with Gasteiger partial charge in [-0.15, -0.1) is 11.8 Å². The highest BCUT2D eigenvalue weighted by atomic mass is 32.2. The first-order chi connectivity index (χ1) is 5.45. The van der Waals surface area contributed by atoms with Crippen molar-refractivity contribution < 1.29 is 0 Å². The fourth-order valence-corrected chi connectivity index (χ4v) is 3.46. The van der Waals surface area contributed by atoms with Crippen LogP contribution in [0.3, 0.4) is 0 Å². The van der Waals surface area contributed by atoms with Crippen LogP contribution in [0.25, 0.3) is 0 Å². The molecule has 11 heavy (non-hydrogen) atoms. The van der Waals surface area contributed by atoms with Gasteiger partial charge in [-0.05, 0) is 28.0 Å². The van der Waals surface area contributed by atoms with E-state index in [1.807, 2.05) is 0 Å². The number of hydrogen-bond acceptors (Lipinski definition) is 2. The number of allylic oxidation sites excluding steroid dienone is 1. The average Bonchev–Trinajstić information content (AvgIpc) is 2.52. The molecule has 3 aliphatic rings. The van der Waals surface area contributed by atoms with Crippen molar-refractivity contribution in [2.75, 3.05) is 18.8 Å². The second-order valence-corrected chi connectivity index (χ2v) is 4.55. The normalized spacial score (nSPS) is 28.4. The first-order valence-electron chi connectivity index (χ1n) is 4.22. The molecule has 0 amide bonds. The van der Waals surface area contributed by atoms with Crippen LogP contribution in [-0.4, -0.2) is 18.8 Å². The van der Waals surface area contributed by atoms with E-state index in [1.165, 1.54) is 18.6 Å². The predicted molar refractivity (Wildman–Crippen MR) is 48.6 cm³/mol. The third-order valence-corrected chi connectivity index (χ3v) is 3.92. The van der Waals surface area contributed by atoms with E-state index >= 15 is 0 Å². The lowest BCUT2D eigenvalue weighted by molar-refractivity contribution is 0.847. The molecule has 0 aromatic carbocycles. The van der Waals surface area contributed by atoms with E-state index in [-0.39, 0.29) is 0 Å². The van der Waals surface area contributed by atoms with Gasteiger partial charge in [-0.1, -0.05) is 0 Å². The van der Waals surface area contributed by atoms with Crippen LogP contribution in [0.15, 0.2) is 21.6 Å². The minimum absolute atomic E-state index is 1.15. The van der Waals surface area contributed by atoms with Crippen LogP contribution in [0.1, 0.15) is 12.8 Å². The maximum absolute atomic E-state index is 3.42. The van der Waals surface area contributed by atoms with E-state index < -0.39 is 0 Å². The second-order valence-electron chi connectivity index (χ2n) is 3.36. The van der Waals surface area contributed by atoms with Gasteiger partial charge in [0.25, 0.3) is 0 Å². The van der Waals surface area contributed by atoms with Crippen LogP contribution in [0, 0.1) is 0 Å². The molecule has 2 heterocycles. The smallest absolute Gasteiger partial charge is 0.0211 e. The van der Waals surface area contributed by atoms with Gasteiger partial charge < -0.3 is 5.32 Å². The van der Waals surface area contributed by atoms with Crippen molar-refractivity contribution in [1.82, 2.24) is 5.32 Å². The lowest BCUT2D eigenvalue weighted by atomic mass is 10.1. The Morgan fingerprint density at radius 3 is 3.18 bits per heavy atom. The summed E-state index contributed by atoms with van der Waals surface area (Å²) in [5.74, 6) is 1.33. The standard InChI is InChI=1S/C9H11NS/c1-2-11-9-3-6-4-10-5-8(6)7(1)9/h10H,1-5H2. The van der Waals surface area contributed by atoms with Crippen LogP contribution in [0.5, 0.6) is 0 Å². The van der Waals surface area contributed by atoms with E-state index in [9.17, 15) is 0 Å². The molecular weight excluding hydrogens is 154 g/mol. The third kappa shape index (κ3) is 0.769. The molecule has 0 spiro atoms. The highest BCUT2D eigenvalue weighted by Gasteiger charge is 2.30. The molecule has 0 saturated carbocycles. The summed E-state index contributed by atoms with van der Waals surface area (Å²) in [6.45, 7) is 2.30. The molecule has 0 aromatic rings. The monoisotopic (exact) mass is 165 g/mol. The molecule has 0 bridgehead atoms. The van der Waals surface area contributed by atoms with Gasteiger partial charge in [0.05, 0.1) is 0 Å². The Labute approximate surface area is 70.9 Å². The Hall–Kier alpha value is -0.210. The van der Waals surface area contributed by atoms with Gasteiger partial charge >= 0.3 is 0 Å². The van der Waals surface area contributed by atoms with Gasteiger partial charge in [-0.2, -0.15) is 0 Å². The van der Waals surface area contributed by atoms with Crippen LogP contribution >= 0.6 is 11.8 Å². The summed E-state index contributed by atoms with van der Waals surface area (Å²) in [5, 5.41) is 3.42. The van der Waals surface area contributed by atoms with E-state index in [1.54, 1.807) is 21.6 Å². The summed E-state index contributed by atoms with van der Waals surface area (Å²) in [4.78, 5) is 1.69. The molecule has 0 atom stereocenters. The van der Waals surface area contributed by atoms with Crippen LogP contribution in [-0.2, 0) is 0 Å². The third-order valence-electron chi connectivity index (χ3n) is 2.77. The molecule has 2 heteroatoms. The zero-order chi connectivity index (χ0) is 7.26. The Morgan fingerprint density at radius 2 is 2.18 bits per heavy atom. The highest BCUT2D eigenvalue weighted by Crippen LogP contribution is 2.46. The number of fused-ring (bicyclic) bond motifs is 1. The van der Waals surface area contributed by atoms with Gasteiger partial charge in [0.15, 0.2) is 0 Å². The van der Waals surface area contributed by atoms with Crippen molar-refractivity contribution in [3.8, 4) is 0 Å². The van der Waals surface area contributed by atoms with Crippen molar-refractivity contribution in [2.45, 2.75) is 12.8 Å². The minimum Gasteiger partial charge on any atom is -0.309 e. The molecule has 3 rings (SSSR count). The largest absolute Gasteiger partial charge is 0.309 e. The minimum atomic E-state index is 1.15. The Morgan fingerprint density at radius 1 is 1.18 bits per heavy atom. The summed E-state index contributed by atoms with van der Waals surface area (Å²) >= 11 is 2.08. The molecule has 0 saturated heterocycles. The molecule has 0 fully saturated rings. The summed E-state index contributed by atoms with van der Waals surface area (Å²) in [6, 6.07) is 0. The molecule has 0 unspecified atom stereocenters. The predicted octanol–water partition coefficient (Wildman–Crippen LogP) is 1.68. The van der Waals surface area contributed by atoms with Crippen molar-refractivity contribution >= 4 is 11.8 Å². The van der Waals surface area contributed by atoms with Gasteiger partial charge in [-0.3, -0.25) is 0 Å². The zero-order valence-corrected chi connectivity index (χ0v) is 7.26. The lowest BCUT2D eigenvalue weighted by Gasteiger charge is -1.99. The molecule has 58 valence electrons. The average molecular weight is 165 g/mol. The van der Waals surface area contributed by atoms with Crippen molar-refractivity contribution in [2.24, 2.45) is 0 Å². The second kappa shape index (κ2) is 2.14. The summed E-state index contributed by atoms with van der Waals surface area (Å²) in [7, 11) is 0. The molecule has 1 N–H and O–H groups in total. The number of rotatable bonds is 0. The quantitative estimate of drug-likeness (QED) is 0.586. The first kappa shape index (κ1) is 6.32. The zero-order valence-electron chi connectivity index (χ0n) is 6.44. The van der Waals surface area contributed by atoms with Gasteiger partial charge in [0.1, 0.15) is 0 Å². The Balaban J connectivity index is 2.04. The van der Waals surface area contributed by atoms with Gasteiger partial charge in [-0.25, -0.2) is 0 Å². The maximum atomic E-state index is 3.42. The summed E-state index contributed by atoms with van der Waals surface area (Å²) < 4.78 is 0. The fourth-order valence-electron chi connectivity index (χ4n) is 2.23. The highest BCUT2D eigenvalue weighted by molar-refractivity contribution is 8.03. The number of nitrogens with one attached hydrogen (secondary N) is 1. The van der Waals surface area contributed by atoms with E-state index in [2.05, 4.69) is 17.1 Å². The van der Waals surface area contributed by atoms with E-state index in [0.717, 1.165) is 13.1 Å². The number of hydrogen-bond donors (Lipinski definition) is 1. The molecule has 0 radical (unpaired) electrons. The van der Waals surface area contributed by atoms with Gasteiger partial charge in [0.2, 0.25) is 0 Å². The van der Waals surface area contributed by atoms with Gasteiger partial charge in [0, 0.05) is 25.3 Å². The first-order valence-corrected chi connectivity index (χ1v) is 5.20. The molecule has 1 nitrogen and oxygen atoms in total. The molecular formula is C9H11NS. The van der Waals surface area contributed by atoms with Crippen molar-refractivity contribution in [3.05, 3.63) is 21.6 Å². The molecule has 0 aromatic heterocycles. The van der Waals surface area contributed by atoms with Crippen LogP contribution in [0.2, 0.25) is 0 Å². The summed E-state index contributed by atoms with van der Waals surface area (Å²) in [6.07, 6.45) is 2.61. The fraction of sp³-hybridized carbons (Fsp3) is 0.556. The van der Waals surface area contributed by atoms with Crippen LogP contribution < -0.4 is 5.32 Å². The van der Waals surface area contributed by atoms with Crippen molar-refractivity contribution in [3.63, 3.8) is 0 Å². The van der Waals surface area contributed by atoms with Crippen LogP contribution in [0.4, 0.5) is 0 Å². The Bertz CT molecular complexity index is 247. The lowest BCUT2D eigenvalue weighted by Crippen LogP contribution is -2.10. The van der Waals surface area contributed by atoms with Crippen molar-refractivity contribution in [1.29, 1.82) is 0 Å². The Kier molecular flexibility index (Phi) is 1.23. The van der Waals surface area contributed by atoms with E-state index in [4.69, 9.17) is 0 Å². The SMILES string of the molecule is C1CC2=C(CC3=C2CNC3)S1. The molecule has 2 aliphatic heterocycles. The maximum Gasteiger partial charge on any atom is 0.0211 e. The molecule has 1 aliphatic carbocycles. The topological polar surface area (TPSA) is 12.0 Å². The summed E-state index contributed by atoms with van der Waals surface area (Å²) in [5.41, 5.74) is 5.06. The number of thioether (sulfide) groups is 1. The van der Waals surface area contributed by atoms with E-state index in [0.29, 0.717) is 0 Å².